The summed E-state index contributed by atoms with van der Waals surface area (Å²) in [7, 11) is 0. The molecule has 0 spiro atoms. The Morgan fingerprint density at radius 2 is 1.88 bits per heavy atom. The van der Waals surface area contributed by atoms with E-state index < -0.39 is 17.6 Å². The Balaban J connectivity index is 1.29. The maximum atomic E-state index is 13.4. The number of aromatic nitrogens is 6. The molecule has 0 bridgehead atoms. The van der Waals surface area contributed by atoms with E-state index in [4.69, 9.17) is 4.74 Å². The number of amides is 1. The lowest BCUT2D eigenvalue weighted by molar-refractivity contribution is -0.138. The maximum Gasteiger partial charge on any atom is 0.416 e. The van der Waals surface area contributed by atoms with Crippen molar-refractivity contribution in [3.8, 4) is 11.3 Å². The normalized spacial score (nSPS) is 15.4. The molecule has 1 saturated heterocycles. The first-order chi connectivity index (χ1) is 20.7. The molecule has 1 amide bonds. The molecule has 2 N–H and O–H groups in total. The number of nitrogens with one attached hydrogen (secondary N) is 2. The van der Waals surface area contributed by atoms with Crippen molar-refractivity contribution in [1.29, 1.82) is 0 Å². The van der Waals surface area contributed by atoms with Crippen LogP contribution >= 0.6 is 0 Å². The van der Waals surface area contributed by atoms with Gasteiger partial charge in [-0.15, -0.1) is 0 Å². The quantitative estimate of drug-likeness (QED) is 0.227. The third-order valence-electron chi connectivity index (χ3n) is 7.36. The molecule has 0 radical (unpaired) electrons. The number of hydrogen-bond acceptors (Lipinski definition) is 8. The van der Waals surface area contributed by atoms with Crippen LogP contribution in [-0.4, -0.2) is 42.0 Å². The molecule has 220 valence electrons. The highest BCUT2D eigenvalue weighted by Gasteiger charge is 2.34. The van der Waals surface area contributed by atoms with Crippen molar-refractivity contribution >= 4 is 34.3 Å². The van der Waals surface area contributed by atoms with Crippen LogP contribution in [0.1, 0.15) is 52.7 Å². The predicted molar refractivity (Wildman–Crippen MR) is 154 cm³/mol. The summed E-state index contributed by atoms with van der Waals surface area (Å²) in [5.74, 6) is -0.259. The van der Waals surface area contributed by atoms with Gasteiger partial charge < -0.3 is 15.4 Å². The second kappa shape index (κ2) is 11.4. The summed E-state index contributed by atoms with van der Waals surface area (Å²) in [6, 6.07) is 9.64. The number of aryl methyl sites for hydroxylation is 1. The van der Waals surface area contributed by atoms with E-state index in [9.17, 15) is 18.0 Å². The Kier molecular flexibility index (Phi) is 7.48. The Morgan fingerprint density at radius 3 is 2.67 bits per heavy atom. The smallest absolute Gasteiger partial charge is 0.358 e. The third kappa shape index (κ3) is 5.63. The lowest BCUT2D eigenvalue weighted by Crippen LogP contribution is -2.18. The van der Waals surface area contributed by atoms with Crippen LogP contribution in [0, 0.1) is 13.8 Å². The van der Waals surface area contributed by atoms with Crippen molar-refractivity contribution in [2.45, 2.75) is 45.5 Å². The van der Waals surface area contributed by atoms with Crippen LogP contribution in [0.5, 0.6) is 0 Å². The first kappa shape index (κ1) is 28.2. The Bertz CT molecular complexity index is 1820. The zero-order valence-corrected chi connectivity index (χ0v) is 23.3. The fourth-order valence-corrected chi connectivity index (χ4v) is 5.12. The molecule has 0 aliphatic carbocycles. The number of carbonyl (C=O) groups excluding carboxylic acids is 1. The molecule has 1 aliphatic heterocycles. The van der Waals surface area contributed by atoms with Crippen LogP contribution in [0.3, 0.4) is 0 Å². The molecular weight excluding hydrogens is 561 g/mol. The van der Waals surface area contributed by atoms with Gasteiger partial charge in [0, 0.05) is 35.9 Å². The molecule has 10 nitrogen and oxygen atoms in total. The number of pyridine rings is 2. The molecule has 6 rings (SSSR count). The topological polar surface area (TPSA) is 120 Å². The molecule has 43 heavy (non-hydrogen) atoms. The predicted octanol–water partition coefficient (Wildman–Crippen LogP) is 6.61. The SMILES string of the molecule is Cc1ccc(NC(=O)c2nccc(C(F)(F)F)c2C)cc1Nc1ncccc1-c1ncnc2c1ncn2C1CCCCO1. The number of ether oxygens (including phenoxy) is 1. The third-order valence-corrected chi connectivity index (χ3v) is 7.36. The molecular formula is C30H27F3N8O2. The summed E-state index contributed by atoms with van der Waals surface area (Å²) in [5, 5.41) is 5.98. The maximum absolute atomic E-state index is 13.4. The lowest BCUT2D eigenvalue weighted by atomic mass is 10.1. The summed E-state index contributed by atoms with van der Waals surface area (Å²) in [5.41, 5.74) is 2.91. The van der Waals surface area contributed by atoms with Crippen LogP contribution in [0.15, 0.2) is 61.4 Å². The first-order valence-electron chi connectivity index (χ1n) is 13.7. The monoisotopic (exact) mass is 588 g/mol. The van der Waals surface area contributed by atoms with Gasteiger partial charge in [-0.05, 0) is 74.6 Å². The Morgan fingerprint density at radius 1 is 1.02 bits per heavy atom. The second-order valence-electron chi connectivity index (χ2n) is 10.2. The number of nitrogens with zero attached hydrogens (tertiary/aromatic N) is 6. The van der Waals surface area contributed by atoms with E-state index in [0.29, 0.717) is 46.2 Å². The number of hydrogen-bond donors (Lipinski definition) is 2. The van der Waals surface area contributed by atoms with E-state index >= 15 is 0 Å². The van der Waals surface area contributed by atoms with E-state index in [2.05, 4.69) is 35.6 Å². The fraction of sp³-hybridized carbons (Fsp3) is 0.267. The molecule has 1 atom stereocenters. The van der Waals surface area contributed by atoms with Crippen molar-refractivity contribution in [1.82, 2.24) is 29.5 Å². The van der Waals surface area contributed by atoms with Gasteiger partial charge in [-0.3, -0.25) is 14.3 Å². The van der Waals surface area contributed by atoms with E-state index in [1.165, 1.54) is 13.3 Å². The molecule has 1 aliphatic rings. The van der Waals surface area contributed by atoms with Gasteiger partial charge in [0.05, 0.1) is 11.9 Å². The summed E-state index contributed by atoms with van der Waals surface area (Å²) in [6.45, 7) is 3.79. The van der Waals surface area contributed by atoms with Gasteiger partial charge in [0.1, 0.15) is 35.3 Å². The van der Waals surface area contributed by atoms with Crippen molar-refractivity contribution in [2.24, 2.45) is 0 Å². The fourth-order valence-electron chi connectivity index (χ4n) is 5.12. The molecule has 13 heteroatoms. The minimum atomic E-state index is -4.60. The number of carbonyl (C=O) groups is 1. The van der Waals surface area contributed by atoms with Gasteiger partial charge in [0.2, 0.25) is 0 Å². The first-order valence-corrected chi connectivity index (χ1v) is 13.7. The molecule has 5 aromatic rings. The Hall–Kier alpha value is -4.91. The van der Waals surface area contributed by atoms with Crippen LogP contribution in [0.25, 0.3) is 22.4 Å². The number of benzene rings is 1. The van der Waals surface area contributed by atoms with Crippen LogP contribution in [-0.2, 0) is 10.9 Å². The second-order valence-corrected chi connectivity index (χ2v) is 10.2. The summed E-state index contributed by atoms with van der Waals surface area (Å²) in [4.78, 5) is 35.0. The average molecular weight is 589 g/mol. The van der Waals surface area contributed by atoms with Crippen LogP contribution in [0.2, 0.25) is 0 Å². The number of fused-ring (bicyclic) bond motifs is 1. The highest BCUT2D eigenvalue weighted by molar-refractivity contribution is 6.04. The standard InChI is InChI=1S/C30H27F3N8O2/c1-17-8-9-19(39-29(42)24-18(2)21(10-12-34-24)30(31,32)33)14-22(17)40-27-20(6-5-11-35-27)25-26-28(37-15-36-25)41(16-38-26)23-7-3-4-13-43-23/h5-6,8-12,14-16,23H,3-4,7,13H2,1-2H3,(H,35,40)(H,39,42). The minimum Gasteiger partial charge on any atom is -0.358 e. The van der Waals surface area contributed by atoms with Crippen molar-refractivity contribution in [2.75, 3.05) is 17.2 Å². The number of imidazole rings is 1. The lowest BCUT2D eigenvalue weighted by Gasteiger charge is -2.23. The highest BCUT2D eigenvalue weighted by atomic mass is 19.4. The number of rotatable bonds is 6. The van der Waals surface area contributed by atoms with Crippen LogP contribution < -0.4 is 10.6 Å². The summed E-state index contributed by atoms with van der Waals surface area (Å²) >= 11 is 0. The summed E-state index contributed by atoms with van der Waals surface area (Å²) in [6.07, 6.45) is 4.06. The van der Waals surface area contributed by atoms with Crippen molar-refractivity contribution in [3.63, 3.8) is 0 Å². The van der Waals surface area contributed by atoms with Gasteiger partial charge in [0.25, 0.3) is 5.91 Å². The highest BCUT2D eigenvalue weighted by Crippen LogP contribution is 2.35. The van der Waals surface area contributed by atoms with Crippen LogP contribution in [0.4, 0.5) is 30.4 Å². The van der Waals surface area contributed by atoms with E-state index in [1.807, 2.05) is 17.6 Å². The van der Waals surface area contributed by atoms with Gasteiger partial charge in [-0.1, -0.05) is 6.07 Å². The number of anilines is 3. The van der Waals surface area contributed by atoms with Crippen molar-refractivity contribution in [3.05, 3.63) is 83.8 Å². The van der Waals surface area contributed by atoms with Gasteiger partial charge in [-0.25, -0.2) is 19.9 Å². The average Bonchev–Trinajstić information content (AvgIpc) is 3.44. The van der Waals surface area contributed by atoms with E-state index in [0.717, 1.165) is 37.1 Å². The van der Waals surface area contributed by atoms with E-state index in [1.54, 1.807) is 36.8 Å². The zero-order chi connectivity index (χ0) is 30.1. The summed E-state index contributed by atoms with van der Waals surface area (Å²) < 4.78 is 47.9. The molecule has 4 aromatic heterocycles. The van der Waals surface area contributed by atoms with Gasteiger partial charge in [0.15, 0.2) is 5.65 Å². The zero-order valence-electron chi connectivity index (χ0n) is 23.3. The number of halogens is 3. The Labute approximate surface area is 244 Å². The number of alkyl halides is 3. The molecule has 1 unspecified atom stereocenters. The van der Waals surface area contributed by atoms with Gasteiger partial charge >= 0.3 is 6.18 Å². The van der Waals surface area contributed by atoms with Crippen molar-refractivity contribution < 1.29 is 22.7 Å². The molecule has 0 saturated carbocycles. The molecule has 1 aromatic carbocycles. The minimum absolute atomic E-state index is 0.136. The molecule has 1 fully saturated rings. The van der Waals surface area contributed by atoms with Gasteiger partial charge in [-0.2, -0.15) is 13.2 Å². The van der Waals surface area contributed by atoms with E-state index in [-0.39, 0.29) is 17.5 Å². The largest absolute Gasteiger partial charge is 0.416 e. The molecule has 5 heterocycles.